The largest absolute Gasteiger partial charge is 0.462 e. The molecule has 4 nitrogen and oxygen atoms in total. The fourth-order valence-corrected chi connectivity index (χ4v) is 1.92. The lowest BCUT2D eigenvalue weighted by atomic mass is 10.1. The van der Waals surface area contributed by atoms with Crippen LogP contribution in [0.5, 0.6) is 0 Å². The van der Waals surface area contributed by atoms with Crippen molar-refractivity contribution in [2.45, 2.75) is 33.1 Å². The van der Waals surface area contributed by atoms with Crippen molar-refractivity contribution in [1.82, 2.24) is 0 Å². The number of hydrogen-bond donors (Lipinski definition) is 0. The maximum absolute atomic E-state index is 12.1. The molecule has 0 atom stereocenters. The molecule has 1 aromatic rings. The molecular weight excluding hydrogens is 278 g/mol. The molecule has 0 radical (unpaired) electrons. The third-order valence-electron chi connectivity index (χ3n) is 3.18. The van der Waals surface area contributed by atoms with E-state index in [1.807, 2.05) is 50.2 Å². The predicted molar refractivity (Wildman–Crippen MR) is 89.9 cm³/mol. The molecule has 0 N–H and O–H groups in total. The Hall–Kier alpha value is -2.10. The first-order valence-corrected chi connectivity index (χ1v) is 7.58. The third kappa shape index (κ3) is 6.12. The zero-order chi connectivity index (χ0) is 16.5. The summed E-state index contributed by atoms with van der Waals surface area (Å²) in [4.78, 5) is 25.5. The number of ether oxygens (including phenoxy) is 1. The van der Waals surface area contributed by atoms with Gasteiger partial charge in [-0.1, -0.05) is 25.5 Å². The number of benzene rings is 1. The van der Waals surface area contributed by atoms with Gasteiger partial charge >= 0.3 is 5.97 Å². The Kier molecular flexibility index (Phi) is 7.37. The average molecular weight is 303 g/mol. The van der Waals surface area contributed by atoms with Crippen molar-refractivity contribution in [3.63, 3.8) is 0 Å². The highest BCUT2D eigenvalue weighted by Crippen LogP contribution is 2.17. The van der Waals surface area contributed by atoms with Crippen molar-refractivity contribution in [3.05, 3.63) is 35.4 Å². The first kappa shape index (κ1) is 18.0. The van der Waals surface area contributed by atoms with Gasteiger partial charge in [-0.05, 0) is 37.1 Å². The van der Waals surface area contributed by atoms with E-state index in [1.165, 1.54) is 6.92 Å². The highest BCUT2D eigenvalue weighted by Gasteiger charge is 2.13. The third-order valence-corrected chi connectivity index (χ3v) is 3.18. The molecule has 1 aromatic carbocycles. The number of nitrogens with zero attached hydrogens (tertiary/aromatic N) is 1. The van der Waals surface area contributed by atoms with Crippen LogP contribution in [0.25, 0.3) is 6.08 Å². The fourth-order valence-electron chi connectivity index (χ4n) is 1.92. The van der Waals surface area contributed by atoms with Crippen molar-refractivity contribution < 1.29 is 14.3 Å². The quantitative estimate of drug-likeness (QED) is 0.419. The van der Waals surface area contributed by atoms with Crippen LogP contribution in [0.4, 0.5) is 5.69 Å². The Bertz CT molecular complexity index is 530. The number of rotatable bonds is 8. The van der Waals surface area contributed by atoms with Crippen LogP contribution < -0.4 is 4.90 Å². The first-order valence-electron chi connectivity index (χ1n) is 7.58. The van der Waals surface area contributed by atoms with E-state index in [4.69, 9.17) is 4.74 Å². The molecule has 0 spiro atoms. The summed E-state index contributed by atoms with van der Waals surface area (Å²) in [5.41, 5.74) is 2.37. The number of carbonyl (C=O) groups is 2. The number of hydrogen-bond acceptors (Lipinski definition) is 4. The Morgan fingerprint density at radius 3 is 2.32 bits per heavy atom. The summed E-state index contributed by atoms with van der Waals surface area (Å²) in [6, 6.07) is 7.79. The normalized spacial score (nSPS) is 11.2. The van der Waals surface area contributed by atoms with Gasteiger partial charge in [-0.2, -0.15) is 0 Å². The van der Waals surface area contributed by atoms with Gasteiger partial charge in [0.15, 0.2) is 0 Å². The lowest BCUT2D eigenvalue weighted by Crippen LogP contribution is -2.11. The van der Waals surface area contributed by atoms with E-state index in [9.17, 15) is 9.59 Å². The van der Waals surface area contributed by atoms with E-state index in [2.05, 4.69) is 0 Å². The van der Waals surface area contributed by atoms with Crippen LogP contribution in [0.15, 0.2) is 29.8 Å². The van der Waals surface area contributed by atoms with Crippen LogP contribution in [-0.2, 0) is 14.3 Å². The minimum atomic E-state index is -0.402. The van der Waals surface area contributed by atoms with E-state index in [1.54, 1.807) is 6.08 Å². The second-order valence-electron chi connectivity index (χ2n) is 5.52. The zero-order valence-corrected chi connectivity index (χ0v) is 13.9. The summed E-state index contributed by atoms with van der Waals surface area (Å²) < 4.78 is 5.21. The van der Waals surface area contributed by atoms with Gasteiger partial charge in [-0.15, -0.1) is 0 Å². The number of ketones is 1. The molecule has 0 saturated carbocycles. The van der Waals surface area contributed by atoms with Gasteiger partial charge < -0.3 is 9.64 Å². The van der Waals surface area contributed by atoms with E-state index < -0.39 is 5.97 Å². The first-order chi connectivity index (χ1) is 10.4. The Balaban J connectivity index is 2.89. The van der Waals surface area contributed by atoms with Crippen molar-refractivity contribution in [1.29, 1.82) is 0 Å². The second kappa shape index (κ2) is 9.03. The second-order valence-corrected chi connectivity index (χ2v) is 5.52. The standard InChI is InChI=1S/C18H25NO3/c1-5-6-11-22-18(21)16(12-14(2)20)13-15-7-9-17(10-8-15)19(3)4/h7-10,13H,5-6,11-12H2,1-4H3. The fraction of sp³-hybridized carbons (Fsp3) is 0.444. The van der Waals surface area contributed by atoms with Crippen molar-refractivity contribution >= 4 is 23.5 Å². The maximum atomic E-state index is 12.1. The smallest absolute Gasteiger partial charge is 0.334 e. The topological polar surface area (TPSA) is 46.6 Å². The zero-order valence-electron chi connectivity index (χ0n) is 13.9. The molecule has 0 amide bonds. The summed E-state index contributed by atoms with van der Waals surface area (Å²) in [7, 11) is 3.94. The molecule has 0 heterocycles. The van der Waals surface area contributed by atoms with Crippen molar-refractivity contribution in [2.75, 3.05) is 25.6 Å². The highest BCUT2D eigenvalue weighted by molar-refractivity contribution is 5.99. The minimum Gasteiger partial charge on any atom is -0.462 e. The summed E-state index contributed by atoms with van der Waals surface area (Å²) in [6.45, 7) is 3.90. The van der Waals surface area contributed by atoms with Crippen molar-refractivity contribution in [2.24, 2.45) is 0 Å². The number of unbranched alkanes of at least 4 members (excludes halogenated alkanes) is 1. The lowest BCUT2D eigenvalue weighted by Gasteiger charge is -2.12. The molecule has 22 heavy (non-hydrogen) atoms. The maximum Gasteiger partial charge on any atom is 0.334 e. The summed E-state index contributed by atoms with van der Waals surface area (Å²) in [5, 5.41) is 0. The van der Waals surface area contributed by atoms with E-state index >= 15 is 0 Å². The number of carbonyl (C=O) groups excluding carboxylic acids is 2. The van der Waals surface area contributed by atoms with E-state index in [0.29, 0.717) is 12.2 Å². The van der Waals surface area contributed by atoms with E-state index in [-0.39, 0.29) is 12.2 Å². The van der Waals surface area contributed by atoms with Gasteiger partial charge in [0.1, 0.15) is 5.78 Å². The molecular formula is C18H25NO3. The van der Waals surface area contributed by atoms with Crippen LogP contribution >= 0.6 is 0 Å². The average Bonchev–Trinajstić information content (AvgIpc) is 2.46. The Labute approximate surface area is 132 Å². The molecule has 0 aliphatic rings. The molecule has 0 bridgehead atoms. The molecule has 120 valence electrons. The Morgan fingerprint density at radius 1 is 1.18 bits per heavy atom. The van der Waals surface area contributed by atoms with Crippen LogP contribution in [0.3, 0.4) is 0 Å². The number of esters is 1. The van der Waals surface area contributed by atoms with Gasteiger partial charge in [0.05, 0.1) is 6.61 Å². The summed E-state index contributed by atoms with van der Waals surface area (Å²) in [6.07, 6.45) is 3.62. The molecule has 4 heteroatoms. The monoisotopic (exact) mass is 303 g/mol. The number of Topliss-reactive ketones (excluding diaryl/α,β-unsaturated/α-hetero) is 1. The molecule has 0 unspecified atom stereocenters. The summed E-state index contributed by atoms with van der Waals surface area (Å²) in [5.74, 6) is -0.455. The predicted octanol–water partition coefficient (Wildman–Crippen LogP) is 3.46. The van der Waals surface area contributed by atoms with Crippen LogP contribution in [0, 0.1) is 0 Å². The highest BCUT2D eigenvalue weighted by atomic mass is 16.5. The van der Waals surface area contributed by atoms with Crippen LogP contribution in [0.1, 0.15) is 38.7 Å². The van der Waals surface area contributed by atoms with E-state index in [0.717, 1.165) is 24.1 Å². The summed E-state index contributed by atoms with van der Waals surface area (Å²) >= 11 is 0. The molecule has 0 saturated heterocycles. The van der Waals surface area contributed by atoms with Gasteiger partial charge in [0.25, 0.3) is 0 Å². The van der Waals surface area contributed by atoms with Crippen LogP contribution in [-0.4, -0.2) is 32.5 Å². The lowest BCUT2D eigenvalue weighted by molar-refractivity contribution is -0.139. The van der Waals surface area contributed by atoms with Gasteiger partial charge in [-0.3, -0.25) is 4.79 Å². The molecule has 0 aromatic heterocycles. The van der Waals surface area contributed by atoms with Crippen molar-refractivity contribution in [3.8, 4) is 0 Å². The molecule has 1 rings (SSSR count). The number of anilines is 1. The molecule has 0 fully saturated rings. The van der Waals surface area contributed by atoms with Gasteiger partial charge in [0.2, 0.25) is 0 Å². The Morgan fingerprint density at radius 2 is 1.82 bits per heavy atom. The SMILES string of the molecule is CCCCOC(=O)C(=Cc1ccc(N(C)C)cc1)CC(C)=O. The minimum absolute atomic E-state index is 0.0522. The van der Waals surface area contributed by atoms with Gasteiger partial charge in [0, 0.05) is 31.8 Å². The van der Waals surface area contributed by atoms with Crippen LogP contribution in [0.2, 0.25) is 0 Å². The molecule has 0 aliphatic heterocycles. The van der Waals surface area contributed by atoms with Gasteiger partial charge in [-0.25, -0.2) is 4.79 Å². The molecule has 0 aliphatic carbocycles.